The molecule has 1 aliphatic rings. The Balaban J connectivity index is 1.57. The average molecular weight is 425 g/mol. The Labute approximate surface area is 177 Å². The Morgan fingerprint density at radius 3 is 2.52 bits per heavy atom. The van der Waals surface area contributed by atoms with Crippen molar-refractivity contribution in [2.24, 2.45) is 0 Å². The van der Waals surface area contributed by atoms with Crippen molar-refractivity contribution in [2.45, 2.75) is 13.0 Å². The highest BCUT2D eigenvalue weighted by Crippen LogP contribution is 2.33. The molecule has 1 aromatic heterocycles. The molecular weight excluding hydrogens is 405 g/mol. The van der Waals surface area contributed by atoms with E-state index in [-0.39, 0.29) is 17.7 Å². The van der Waals surface area contributed by atoms with Gasteiger partial charge in [-0.25, -0.2) is 9.37 Å². The highest BCUT2D eigenvalue weighted by Gasteiger charge is 2.23. The number of aromatic nitrogens is 2. The van der Waals surface area contributed by atoms with E-state index in [1.807, 2.05) is 0 Å². The van der Waals surface area contributed by atoms with E-state index in [9.17, 15) is 9.18 Å². The smallest absolute Gasteiger partial charge is 0.265 e. The Bertz CT molecular complexity index is 1120. The second-order valence-electron chi connectivity index (χ2n) is 6.70. The lowest BCUT2D eigenvalue weighted by Crippen LogP contribution is -2.34. The van der Waals surface area contributed by atoms with Gasteiger partial charge in [-0.1, -0.05) is 0 Å². The first-order chi connectivity index (χ1) is 14.9. The van der Waals surface area contributed by atoms with E-state index in [1.165, 1.54) is 0 Å². The number of rotatable bonds is 6. The van der Waals surface area contributed by atoms with Crippen LogP contribution in [0.3, 0.4) is 0 Å². The molecule has 0 aliphatic carbocycles. The molecule has 10 heteroatoms. The van der Waals surface area contributed by atoms with Crippen molar-refractivity contribution in [3.8, 4) is 17.2 Å². The summed E-state index contributed by atoms with van der Waals surface area (Å²) in [5.74, 6) is 0.935. The summed E-state index contributed by atoms with van der Waals surface area (Å²) in [5, 5.41) is 8.65. The van der Waals surface area contributed by atoms with Crippen LogP contribution in [0.5, 0.6) is 17.2 Å². The van der Waals surface area contributed by atoms with Crippen LogP contribution in [-0.4, -0.2) is 36.2 Å². The fraction of sp³-hybridized carbons (Fsp3) is 0.190. The zero-order valence-electron chi connectivity index (χ0n) is 17.0. The zero-order chi connectivity index (χ0) is 22.0. The van der Waals surface area contributed by atoms with Crippen LogP contribution >= 0.6 is 0 Å². The van der Waals surface area contributed by atoms with Gasteiger partial charge in [0, 0.05) is 29.6 Å². The number of hydrogen-bond donors (Lipinski definition) is 3. The molecule has 0 bridgehead atoms. The number of ether oxygens (including phenoxy) is 3. The van der Waals surface area contributed by atoms with Crippen molar-refractivity contribution < 1.29 is 23.4 Å². The molecule has 1 atom stereocenters. The van der Waals surface area contributed by atoms with E-state index in [1.54, 1.807) is 57.5 Å². The summed E-state index contributed by atoms with van der Waals surface area (Å²) in [7, 11) is 3.09. The third-order valence-corrected chi connectivity index (χ3v) is 4.52. The maximum absolute atomic E-state index is 14.3. The van der Waals surface area contributed by atoms with Crippen molar-refractivity contribution in [1.82, 2.24) is 9.97 Å². The first kappa shape index (κ1) is 20.2. The van der Waals surface area contributed by atoms with Gasteiger partial charge in [-0.15, -0.1) is 0 Å². The first-order valence-corrected chi connectivity index (χ1v) is 9.36. The topological polar surface area (TPSA) is 107 Å². The van der Waals surface area contributed by atoms with Crippen LogP contribution < -0.4 is 30.2 Å². The Morgan fingerprint density at radius 2 is 1.81 bits per heavy atom. The molecule has 3 N–H and O–H groups in total. The predicted molar refractivity (Wildman–Crippen MR) is 113 cm³/mol. The summed E-state index contributed by atoms with van der Waals surface area (Å²) in [6.07, 6.45) is 0.481. The monoisotopic (exact) mass is 425 g/mol. The van der Waals surface area contributed by atoms with Gasteiger partial charge in [0.25, 0.3) is 5.91 Å². The van der Waals surface area contributed by atoms with Crippen LogP contribution in [0.2, 0.25) is 0 Å². The Kier molecular flexibility index (Phi) is 5.44. The van der Waals surface area contributed by atoms with Gasteiger partial charge in [-0.3, -0.25) is 4.79 Å². The number of hydrogen-bond acceptors (Lipinski definition) is 8. The second kappa shape index (κ2) is 8.34. The van der Waals surface area contributed by atoms with E-state index >= 15 is 0 Å². The third kappa shape index (κ3) is 4.42. The number of fused-ring (bicyclic) bond motifs is 1. The minimum absolute atomic E-state index is 0.0382. The van der Waals surface area contributed by atoms with Gasteiger partial charge >= 0.3 is 0 Å². The van der Waals surface area contributed by atoms with Gasteiger partial charge in [-0.05, 0) is 25.1 Å². The molecule has 1 amide bonds. The largest absolute Gasteiger partial charge is 0.497 e. The normalized spacial score (nSPS) is 14.7. The van der Waals surface area contributed by atoms with Gasteiger partial charge in [0.2, 0.25) is 5.95 Å². The van der Waals surface area contributed by atoms with E-state index in [2.05, 4.69) is 25.9 Å². The molecule has 0 radical (unpaired) electrons. The van der Waals surface area contributed by atoms with Crippen molar-refractivity contribution in [3.63, 3.8) is 0 Å². The highest BCUT2D eigenvalue weighted by atomic mass is 19.1. The predicted octanol–water partition coefficient (Wildman–Crippen LogP) is 3.84. The fourth-order valence-electron chi connectivity index (χ4n) is 2.95. The molecule has 0 spiro atoms. The molecule has 0 fully saturated rings. The number of carbonyl (C=O) groups is 1. The molecule has 160 valence electrons. The SMILES string of the molecule is COc1cc(Nc2ncc(F)c(Nc3ccc4c(c3)NC(=O)[C@H](C)O4)n2)cc(OC)c1. The summed E-state index contributed by atoms with van der Waals surface area (Å²) >= 11 is 0. The van der Waals surface area contributed by atoms with Crippen LogP contribution in [-0.2, 0) is 4.79 Å². The standard InChI is InChI=1S/C21H20FN5O4/c1-11-20(28)26-17-8-12(4-5-18(17)31-11)24-19-16(22)10-23-21(27-19)25-13-6-14(29-2)9-15(7-13)30-3/h4-11H,1-3H3,(H,26,28)(H2,23,24,25,27)/t11-/m0/s1. The lowest BCUT2D eigenvalue weighted by atomic mass is 10.2. The lowest BCUT2D eigenvalue weighted by molar-refractivity contribution is -0.122. The maximum atomic E-state index is 14.3. The van der Waals surface area contributed by atoms with E-state index in [0.29, 0.717) is 34.3 Å². The fourth-order valence-corrected chi connectivity index (χ4v) is 2.95. The highest BCUT2D eigenvalue weighted by molar-refractivity contribution is 5.98. The second-order valence-corrected chi connectivity index (χ2v) is 6.70. The molecular formula is C21H20FN5O4. The molecule has 2 heterocycles. The summed E-state index contributed by atoms with van der Waals surface area (Å²) in [5.41, 5.74) is 1.62. The van der Waals surface area contributed by atoms with Gasteiger partial charge in [0.05, 0.1) is 26.1 Å². The molecule has 9 nitrogen and oxygen atoms in total. The number of nitrogens with one attached hydrogen (secondary N) is 3. The van der Waals surface area contributed by atoms with E-state index in [4.69, 9.17) is 14.2 Å². The van der Waals surface area contributed by atoms with Crippen LogP contribution in [0.25, 0.3) is 0 Å². The van der Waals surface area contributed by atoms with Gasteiger partial charge in [-0.2, -0.15) is 4.98 Å². The van der Waals surface area contributed by atoms with Crippen LogP contribution in [0.1, 0.15) is 6.92 Å². The zero-order valence-corrected chi connectivity index (χ0v) is 17.0. The summed E-state index contributed by atoms with van der Waals surface area (Å²) in [4.78, 5) is 20.0. The molecule has 4 rings (SSSR count). The summed E-state index contributed by atoms with van der Waals surface area (Å²) in [6.45, 7) is 1.66. The van der Waals surface area contributed by atoms with E-state index in [0.717, 1.165) is 6.20 Å². The minimum Gasteiger partial charge on any atom is -0.497 e. The minimum atomic E-state index is -0.639. The summed E-state index contributed by atoms with van der Waals surface area (Å²) < 4.78 is 30.3. The van der Waals surface area contributed by atoms with Gasteiger partial charge < -0.3 is 30.2 Å². The Hall–Kier alpha value is -4.08. The number of methoxy groups -OCH3 is 2. The molecule has 1 aliphatic heterocycles. The van der Waals surface area contributed by atoms with Crippen molar-refractivity contribution in [3.05, 3.63) is 48.4 Å². The molecule has 3 aromatic rings. The van der Waals surface area contributed by atoms with Crippen LogP contribution in [0, 0.1) is 5.82 Å². The molecule has 31 heavy (non-hydrogen) atoms. The van der Waals surface area contributed by atoms with Crippen molar-refractivity contribution >= 4 is 34.7 Å². The van der Waals surface area contributed by atoms with E-state index < -0.39 is 11.9 Å². The number of anilines is 5. The molecule has 2 aromatic carbocycles. The van der Waals surface area contributed by atoms with Gasteiger partial charge in [0.15, 0.2) is 17.7 Å². The number of carbonyl (C=O) groups excluding carboxylic acids is 1. The molecule has 0 unspecified atom stereocenters. The van der Waals surface area contributed by atoms with Crippen molar-refractivity contribution in [2.75, 3.05) is 30.2 Å². The molecule has 0 saturated heterocycles. The van der Waals surface area contributed by atoms with Crippen LogP contribution in [0.15, 0.2) is 42.6 Å². The third-order valence-electron chi connectivity index (χ3n) is 4.52. The first-order valence-electron chi connectivity index (χ1n) is 9.36. The molecule has 0 saturated carbocycles. The Morgan fingerprint density at radius 1 is 1.06 bits per heavy atom. The number of amides is 1. The maximum Gasteiger partial charge on any atom is 0.265 e. The number of nitrogens with zero attached hydrogens (tertiary/aromatic N) is 2. The summed E-state index contributed by atoms with van der Waals surface area (Å²) in [6, 6.07) is 10.2. The lowest BCUT2D eigenvalue weighted by Gasteiger charge is -2.23. The quantitative estimate of drug-likeness (QED) is 0.547. The van der Waals surface area contributed by atoms with Gasteiger partial charge in [0.1, 0.15) is 17.2 Å². The number of benzene rings is 2. The average Bonchev–Trinajstić information content (AvgIpc) is 2.76. The van der Waals surface area contributed by atoms with Crippen molar-refractivity contribution in [1.29, 1.82) is 0 Å². The van der Waals surface area contributed by atoms with Crippen LogP contribution in [0.4, 0.5) is 33.2 Å². The number of halogens is 1.